The van der Waals surface area contributed by atoms with Crippen LogP contribution in [0.25, 0.3) is 0 Å². The minimum Gasteiger partial charge on any atom is -0.343 e. The lowest BCUT2D eigenvalue weighted by molar-refractivity contribution is -0.127. The van der Waals surface area contributed by atoms with Gasteiger partial charge >= 0.3 is 0 Å². The molecule has 2 aromatic rings. The SMILES string of the molecule is CCN(CC)C(=O)CSc1nnc(SCc2ccc(Br)cc2)n1N. The fraction of sp³-hybridized carbons (Fsp3) is 0.400. The maximum atomic E-state index is 12.0. The molecule has 9 heteroatoms. The zero-order valence-corrected chi connectivity index (χ0v) is 16.8. The number of aromatic nitrogens is 3. The summed E-state index contributed by atoms with van der Waals surface area (Å²) in [5, 5.41) is 9.37. The number of halogens is 1. The van der Waals surface area contributed by atoms with Gasteiger partial charge in [0.15, 0.2) is 0 Å². The number of rotatable bonds is 8. The van der Waals surface area contributed by atoms with Crippen LogP contribution in [-0.4, -0.2) is 44.5 Å². The van der Waals surface area contributed by atoms with E-state index in [4.69, 9.17) is 5.84 Å². The summed E-state index contributed by atoms with van der Waals surface area (Å²) >= 11 is 6.25. The number of amides is 1. The van der Waals surface area contributed by atoms with Gasteiger partial charge in [-0.1, -0.05) is 51.6 Å². The van der Waals surface area contributed by atoms with Crippen molar-refractivity contribution in [2.45, 2.75) is 29.9 Å². The molecule has 1 amide bonds. The van der Waals surface area contributed by atoms with Crippen LogP contribution in [0.3, 0.4) is 0 Å². The molecule has 0 saturated heterocycles. The highest BCUT2D eigenvalue weighted by atomic mass is 79.9. The summed E-state index contributed by atoms with van der Waals surface area (Å²) in [7, 11) is 0. The highest BCUT2D eigenvalue weighted by molar-refractivity contribution is 9.10. The van der Waals surface area contributed by atoms with Crippen LogP contribution in [0.15, 0.2) is 39.1 Å². The number of thioether (sulfide) groups is 2. The maximum absolute atomic E-state index is 12.0. The Morgan fingerprint density at radius 1 is 1.17 bits per heavy atom. The van der Waals surface area contributed by atoms with Crippen LogP contribution in [0.4, 0.5) is 0 Å². The molecule has 2 rings (SSSR count). The zero-order valence-electron chi connectivity index (χ0n) is 13.6. The Morgan fingerprint density at radius 2 is 1.75 bits per heavy atom. The van der Waals surface area contributed by atoms with Crippen LogP contribution in [0.5, 0.6) is 0 Å². The Hall–Kier alpha value is -1.19. The fourth-order valence-corrected chi connectivity index (χ4v) is 3.88. The molecule has 1 aromatic carbocycles. The van der Waals surface area contributed by atoms with Crippen molar-refractivity contribution >= 4 is 45.4 Å². The van der Waals surface area contributed by atoms with E-state index >= 15 is 0 Å². The number of carbonyl (C=O) groups is 1. The number of benzene rings is 1. The molecule has 0 bridgehead atoms. The predicted molar refractivity (Wildman–Crippen MR) is 103 cm³/mol. The average Bonchev–Trinajstić information content (AvgIpc) is 2.93. The monoisotopic (exact) mass is 429 g/mol. The lowest BCUT2D eigenvalue weighted by Crippen LogP contribution is -2.32. The molecule has 130 valence electrons. The second kappa shape index (κ2) is 9.33. The maximum Gasteiger partial charge on any atom is 0.233 e. The van der Waals surface area contributed by atoms with E-state index in [1.165, 1.54) is 33.8 Å². The molecule has 6 nitrogen and oxygen atoms in total. The summed E-state index contributed by atoms with van der Waals surface area (Å²) in [6.07, 6.45) is 0. The summed E-state index contributed by atoms with van der Waals surface area (Å²) in [6, 6.07) is 8.10. The summed E-state index contributed by atoms with van der Waals surface area (Å²) in [4.78, 5) is 13.8. The molecule has 0 saturated carbocycles. The van der Waals surface area contributed by atoms with Crippen molar-refractivity contribution in [3.63, 3.8) is 0 Å². The second-order valence-corrected chi connectivity index (χ2v) is 7.71. The topological polar surface area (TPSA) is 77.0 Å². The number of nitrogens with two attached hydrogens (primary N) is 1. The van der Waals surface area contributed by atoms with Crippen LogP contribution in [0, 0.1) is 0 Å². The first kappa shape index (κ1) is 19.1. The molecule has 0 atom stereocenters. The van der Waals surface area contributed by atoms with E-state index in [9.17, 15) is 4.79 Å². The average molecular weight is 430 g/mol. The van der Waals surface area contributed by atoms with Gasteiger partial charge < -0.3 is 10.7 Å². The van der Waals surface area contributed by atoms with E-state index in [1.54, 1.807) is 4.90 Å². The molecule has 1 aromatic heterocycles. The van der Waals surface area contributed by atoms with Gasteiger partial charge in [-0.3, -0.25) is 4.79 Å². The Morgan fingerprint density at radius 3 is 2.33 bits per heavy atom. The largest absolute Gasteiger partial charge is 0.343 e. The van der Waals surface area contributed by atoms with Crippen LogP contribution in [-0.2, 0) is 10.5 Å². The van der Waals surface area contributed by atoms with E-state index in [2.05, 4.69) is 26.1 Å². The first-order chi connectivity index (χ1) is 11.5. The van der Waals surface area contributed by atoms with Gasteiger partial charge in [-0.15, -0.1) is 10.2 Å². The second-order valence-electron chi connectivity index (χ2n) is 4.90. The smallest absolute Gasteiger partial charge is 0.233 e. The van der Waals surface area contributed by atoms with Crippen molar-refractivity contribution in [1.29, 1.82) is 0 Å². The van der Waals surface area contributed by atoms with Crippen molar-refractivity contribution in [1.82, 2.24) is 19.8 Å². The van der Waals surface area contributed by atoms with E-state index in [0.717, 1.165) is 10.2 Å². The van der Waals surface area contributed by atoms with Crippen molar-refractivity contribution < 1.29 is 4.79 Å². The first-order valence-electron chi connectivity index (χ1n) is 7.53. The summed E-state index contributed by atoms with van der Waals surface area (Å²) in [5.74, 6) is 7.19. The Kier molecular flexibility index (Phi) is 7.44. The van der Waals surface area contributed by atoms with Gasteiger partial charge in [0.25, 0.3) is 0 Å². The van der Waals surface area contributed by atoms with Crippen LogP contribution >= 0.6 is 39.5 Å². The highest BCUT2D eigenvalue weighted by Gasteiger charge is 2.15. The van der Waals surface area contributed by atoms with Crippen molar-refractivity contribution in [3.8, 4) is 0 Å². The predicted octanol–water partition coefficient (Wildman–Crippen LogP) is 3.01. The van der Waals surface area contributed by atoms with Gasteiger partial charge in [-0.2, -0.15) is 0 Å². The van der Waals surface area contributed by atoms with Gasteiger partial charge in [0, 0.05) is 23.3 Å². The zero-order chi connectivity index (χ0) is 17.5. The van der Waals surface area contributed by atoms with Gasteiger partial charge in [-0.25, -0.2) is 4.68 Å². The molecular weight excluding hydrogens is 410 g/mol. The highest BCUT2D eigenvalue weighted by Crippen LogP contribution is 2.24. The van der Waals surface area contributed by atoms with Crippen molar-refractivity contribution in [2.24, 2.45) is 0 Å². The molecule has 2 N–H and O–H groups in total. The third-order valence-corrected chi connectivity index (χ3v) is 5.83. The number of nitrogen functional groups attached to an aromatic ring is 1. The Bertz CT molecular complexity index is 673. The number of carbonyl (C=O) groups excluding carboxylic acids is 1. The third kappa shape index (κ3) is 5.15. The van der Waals surface area contributed by atoms with E-state index in [0.29, 0.717) is 29.2 Å². The number of hydrogen-bond donors (Lipinski definition) is 1. The van der Waals surface area contributed by atoms with Crippen molar-refractivity contribution in [2.75, 3.05) is 24.7 Å². The minimum absolute atomic E-state index is 0.0806. The van der Waals surface area contributed by atoms with E-state index < -0.39 is 0 Å². The van der Waals surface area contributed by atoms with Gasteiger partial charge in [-0.05, 0) is 31.5 Å². The first-order valence-corrected chi connectivity index (χ1v) is 10.3. The Labute approximate surface area is 158 Å². The van der Waals surface area contributed by atoms with Crippen LogP contribution in [0.2, 0.25) is 0 Å². The third-order valence-electron chi connectivity index (χ3n) is 3.36. The molecule has 24 heavy (non-hydrogen) atoms. The normalized spacial score (nSPS) is 10.8. The Balaban J connectivity index is 1.91. The van der Waals surface area contributed by atoms with Gasteiger partial charge in [0.05, 0.1) is 5.75 Å². The standard InChI is InChI=1S/C15H20BrN5OS2/c1-3-20(4-2)13(22)10-24-15-19-18-14(21(15)17)23-9-11-5-7-12(16)8-6-11/h5-8H,3-4,9-10,17H2,1-2H3. The molecular formula is C15H20BrN5OS2. The van der Waals surface area contributed by atoms with Gasteiger partial charge in [0.1, 0.15) is 0 Å². The van der Waals surface area contributed by atoms with Crippen molar-refractivity contribution in [3.05, 3.63) is 34.3 Å². The molecule has 0 aliphatic heterocycles. The molecule has 0 radical (unpaired) electrons. The number of hydrogen-bond acceptors (Lipinski definition) is 6. The fourth-order valence-electron chi connectivity index (χ4n) is 1.98. The molecule has 0 aliphatic carbocycles. The van der Waals surface area contributed by atoms with Crippen LogP contribution < -0.4 is 5.84 Å². The van der Waals surface area contributed by atoms with E-state index in [1.807, 2.05) is 38.1 Å². The molecule has 0 aliphatic rings. The summed E-state index contributed by atoms with van der Waals surface area (Å²) in [6.45, 7) is 5.35. The number of nitrogens with zero attached hydrogens (tertiary/aromatic N) is 4. The van der Waals surface area contributed by atoms with E-state index in [-0.39, 0.29) is 5.91 Å². The summed E-state index contributed by atoms with van der Waals surface area (Å²) < 4.78 is 2.50. The minimum atomic E-state index is 0.0806. The lowest BCUT2D eigenvalue weighted by Gasteiger charge is -2.17. The molecule has 0 spiro atoms. The van der Waals surface area contributed by atoms with Gasteiger partial charge in [0.2, 0.25) is 16.2 Å². The molecule has 0 fully saturated rings. The quantitative estimate of drug-likeness (QED) is 0.513. The summed E-state index contributed by atoms with van der Waals surface area (Å²) in [5.41, 5.74) is 1.18. The molecule has 0 unspecified atom stereocenters. The van der Waals surface area contributed by atoms with Crippen LogP contribution in [0.1, 0.15) is 19.4 Å². The molecule has 1 heterocycles. The lowest BCUT2D eigenvalue weighted by atomic mass is 10.2.